The molecular formula is C14H13IN2O. The summed E-state index contributed by atoms with van der Waals surface area (Å²) in [4.78, 5) is 12.0. The van der Waals surface area contributed by atoms with Crippen molar-refractivity contribution >= 4 is 39.9 Å². The first kappa shape index (κ1) is 12.9. The molecule has 4 heteroatoms. The minimum absolute atomic E-state index is 0.0983. The standard InChI is InChI=1S/C14H13IN2O/c1-16-12-6-2-10(3-7-12)14(18)17-13-8-4-11(15)5-9-13/h2-9,16H,1H3,(H,17,18). The van der Waals surface area contributed by atoms with Crippen molar-refractivity contribution in [2.45, 2.75) is 0 Å². The van der Waals surface area contributed by atoms with Crippen LogP contribution in [-0.2, 0) is 0 Å². The van der Waals surface area contributed by atoms with E-state index in [1.54, 1.807) is 12.1 Å². The fourth-order valence-electron chi connectivity index (χ4n) is 1.52. The van der Waals surface area contributed by atoms with Gasteiger partial charge in [0, 0.05) is 27.6 Å². The van der Waals surface area contributed by atoms with Crippen LogP contribution in [0.2, 0.25) is 0 Å². The number of halogens is 1. The average molecular weight is 352 g/mol. The fraction of sp³-hybridized carbons (Fsp3) is 0.0714. The van der Waals surface area contributed by atoms with E-state index in [1.807, 2.05) is 43.4 Å². The molecule has 92 valence electrons. The lowest BCUT2D eigenvalue weighted by Gasteiger charge is -2.06. The first-order valence-electron chi connectivity index (χ1n) is 5.54. The smallest absolute Gasteiger partial charge is 0.255 e. The molecule has 0 aliphatic rings. The highest BCUT2D eigenvalue weighted by molar-refractivity contribution is 14.1. The van der Waals surface area contributed by atoms with Gasteiger partial charge in [0.1, 0.15) is 0 Å². The second kappa shape index (κ2) is 5.86. The van der Waals surface area contributed by atoms with Crippen LogP contribution in [0.25, 0.3) is 0 Å². The molecular weight excluding hydrogens is 339 g/mol. The van der Waals surface area contributed by atoms with Gasteiger partial charge in [0.25, 0.3) is 5.91 Å². The second-order valence-corrected chi connectivity index (χ2v) is 5.03. The van der Waals surface area contributed by atoms with Gasteiger partial charge in [-0.1, -0.05) is 0 Å². The Morgan fingerprint density at radius 2 is 1.50 bits per heavy atom. The molecule has 0 fully saturated rings. The third kappa shape index (κ3) is 3.22. The van der Waals surface area contributed by atoms with Crippen molar-refractivity contribution in [1.82, 2.24) is 0 Å². The summed E-state index contributed by atoms with van der Waals surface area (Å²) >= 11 is 2.23. The van der Waals surface area contributed by atoms with E-state index in [-0.39, 0.29) is 5.91 Å². The zero-order valence-electron chi connectivity index (χ0n) is 9.91. The molecule has 0 spiro atoms. The lowest BCUT2D eigenvalue weighted by atomic mass is 10.2. The van der Waals surface area contributed by atoms with Crippen molar-refractivity contribution < 1.29 is 4.79 Å². The predicted octanol–water partition coefficient (Wildman–Crippen LogP) is 3.59. The summed E-state index contributed by atoms with van der Waals surface area (Å²) in [6.45, 7) is 0. The summed E-state index contributed by atoms with van der Waals surface area (Å²) < 4.78 is 1.14. The van der Waals surface area contributed by atoms with E-state index < -0.39 is 0 Å². The number of hydrogen-bond donors (Lipinski definition) is 2. The van der Waals surface area contributed by atoms with Gasteiger partial charge in [-0.2, -0.15) is 0 Å². The number of rotatable bonds is 3. The second-order valence-electron chi connectivity index (χ2n) is 3.79. The van der Waals surface area contributed by atoms with E-state index in [0.717, 1.165) is 14.9 Å². The highest BCUT2D eigenvalue weighted by Crippen LogP contribution is 2.14. The molecule has 0 heterocycles. The van der Waals surface area contributed by atoms with Crippen LogP contribution in [0, 0.1) is 3.57 Å². The van der Waals surface area contributed by atoms with Crippen molar-refractivity contribution in [3.8, 4) is 0 Å². The molecule has 0 saturated carbocycles. The Hall–Kier alpha value is -1.56. The third-order valence-corrected chi connectivity index (χ3v) is 3.26. The Morgan fingerprint density at radius 1 is 0.944 bits per heavy atom. The number of anilines is 2. The Labute approximate surface area is 120 Å². The average Bonchev–Trinajstić information content (AvgIpc) is 2.41. The van der Waals surface area contributed by atoms with Crippen LogP contribution in [-0.4, -0.2) is 13.0 Å². The lowest BCUT2D eigenvalue weighted by molar-refractivity contribution is 0.102. The molecule has 18 heavy (non-hydrogen) atoms. The minimum Gasteiger partial charge on any atom is -0.388 e. The summed E-state index contributed by atoms with van der Waals surface area (Å²) in [7, 11) is 1.85. The Kier molecular flexibility index (Phi) is 4.19. The number of benzene rings is 2. The van der Waals surface area contributed by atoms with Crippen LogP contribution >= 0.6 is 22.6 Å². The molecule has 2 rings (SSSR count). The molecule has 0 saturated heterocycles. The van der Waals surface area contributed by atoms with Crippen LogP contribution in [0.15, 0.2) is 48.5 Å². The van der Waals surface area contributed by atoms with Crippen molar-refractivity contribution in [3.05, 3.63) is 57.7 Å². The molecule has 2 N–H and O–H groups in total. The molecule has 0 aliphatic heterocycles. The highest BCUT2D eigenvalue weighted by atomic mass is 127. The van der Waals surface area contributed by atoms with Crippen molar-refractivity contribution in [2.75, 3.05) is 17.7 Å². The zero-order chi connectivity index (χ0) is 13.0. The van der Waals surface area contributed by atoms with Crippen molar-refractivity contribution in [1.29, 1.82) is 0 Å². The maximum Gasteiger partial charge on any atom is 0.255 e. The molecule has 2 aromatic carbocycles. The molecule has 2 aromatic rings. The van der Waals surface area contributed by atoms with Gasteiger partial charge in [0.2, 0.25) is 0 Å². The minimum atomic E-state index is -0.0983. The quantitative estimate of drug-likeness (QED) is 0.829. The molecule has 0 aromatic heterocycles. The summed E-state index contributed by atoms with van der Waals surface area (Å²) in [6.07, 6.45) is 0. The van der Waals surface area contributed by atoms with E-state index in [0.29, 0.717) is 5.56 Å². The molecule has 1 amide bonds. The Balaban J connectivity index is 2.09. The number of amides is 1. The zero-order valence-corrected chi connectivity index (χ0v) is 12.1. The van der Waals surface area contributed by atoms with Gasteiger partial charge in [-0.3, -0.25) is 4.79 Å². The highest BCUT2D eigenvalue weighted by Gasteiger charge is 2.05. The van der Waals surface area contributed by atoms with Crippen LogP contribution in [0.3, 0.4) is 0 Å². The van der Waals surface area contributed by atoms with E-state index in [2.05, 4.69) is 33.2 Å². The normalized spacial score (nSPS) is 9.89. The first-order valence-corrected chi connectivity index (χ1v) is 6.61. The Bertz CT molecular complexity index is 535. The molecule has 0 aliphatic carbocycles. The van der Waals surface area contributed by atoms with E-state index in [4.69, 9.17) is 0 Å². The number of carbonyl (C=O) groups is 1. The molecule has 0 radical (unpaired) electrons. The lowest BCUT2D eigenvalue weighted by Crippen LogP contribution is -2.11. The van der Waals surface area contributed by atoms with Gasteiger partial charge in [-0.15, -0.1) is 0 Å². The van der Waals surface area contributed by atoms with E-state index >= 15 is 0 Å². The summed E-state index contributed by atoms with van der Waals surface area (Å²) in [5.41, 5.74) is 2.44. The van der Waals surface area contributed by atoms with Crippen LogP contribution < -0.4 is 10.6 Å². The SMILES string of the molecule is CNc1ccc(C(=O)Nc2ccc(I)cc2)cc1. The van der Waals surface area contributed by atoms with E-state index in [9.17, 15) is 4.79 Å². The van der Waals surface area contributed by atoms with Gasteiger partial charge in [-0.05, 0) is 71.1 Å². The van der Waals surface area contributed by atoms with E-state index in [1.165, 1.54) is 0 Å². The van der Waals surface area contributed by atoms with Gasteiger partial charge in [0.05, 0.1) is 0 Å². The molecule has 0 unspecified atom stereocenters. The number of nitrogens with one attached hydrogen (secondary N) is 2. The van der Waals surface area contributed by atoms with Gasteiger partial charge in [0.15, 0.2) is 0 Å². The monoisotopic (exact) mass is 352 g/mol. The maximum atomic E-state index is 12.0. The molecule has 0 bridgehead atoms. The van der Waals surface area contributed by atoms with Crippen LogP contribution in [0.1, 0.15) is 10.4 Å². The summed E-state index contributed by atoms with van der Waals surface area (Å²) in [5.74, 6) is -0.0983. The van der Waals surface area contributed by atoms with Crippen molar-refractivity contribution in [3.63, 3.8) is 0 Å². The van der Waals surface area contributed by atoms with Gasteiger partial charge >= 0.3 is 0 Å². The molecule has 0 atom stereocenters. The van der Waals surface area contributed by atoms with Gasteiger partial charge < -0.3 is 10.6 Å². The fourth-order valence-corrected chi connectivity index (χ4v) is 1.88. The first-order chi connectivity index (χ1) is 8.69. The predicted molar refractivity (Wildman–Crippen MR) is 83.1 cm³/mol. The third-order valence-electron chi connectivity index (χ3n) is 2.54. The topological polar surface area (TPSA) is 41.1 Å². The summed E-state index contributed by atoms with van der Waals surface area (Å²) in [5, 5.41) is 5.88. The molecule has 3 nitrogen and oxygen atoms in total. The largest absolute Gasteiger partial charge is 0.388 e. The van der Waals surface area contributed by atoms with Crippen LogP contribution in [0.4, 0.5) is 11.4 Å². The van der Waals surface area contributed by atoms with Crippen molar-refractivity contribution in [2.24, 2.45) is 0 Å². The summed E-state index contributed by atoms with van der Waals surface area (Å²) in [6, 6.07) is 15.1. The Morgan fingerprint density at radius 3 is 2.06 bits per heavy atom. The number of carbonyl (C=O) groups excluding carboxylic acids is 1. The number of hydrogen-bond acceptors (Lipinski definition) is 2. The van der Waals surface area contributed by atoms with Crippen LogP contribution in [0.5, 0.6) is 0 Å². The van der Waals surface area contributed by atoms with Gasteiger partial charge in [-0.25, -0.2) is 0 Å². The maximum absolute atomic E-state index is 12.0.